The first kappa shape index (κ1) is 13.5. The zero-order chi connectivity index (χ0) is 13.1. The molecule has 0 aromatic carbocycles. The van der Waals surface area contributed by atoms with Gasteiger partial charge in [-0.3, -0.25) is 0 Å². The van der Waals surface area contributed by atoms with Crippen molar-refractivity contribution in [2.24, 2.45) is 0 Å². The van der Waals surface area contributed by atoms with E-state index in [0.717, 1.165) is 0 Å². The number of ether oxygens (including phenoxy) is 1. The van der Waals surface area contributed by atoms with Gasteiger partial charge in [-0.15, -0.1) is 0 Å². The topological polar surface area (TPSA) is 61.0 Å². The molecule has 1 heterocycles. The average Bonchev–Trinajstić information content (AvgIpc) is 2.14. The van der Waals surface area contributed by atoms with Gasteiger partial charge in [0, 0.05) is 0 Å². The minimum absolute atomic E-state index is 0.0166. The maximum atomic E-state index is 12.0. The molecule has 1 aromatic heterocycles. The third-order valence-corrected chi connectivity index (χ3v) is 2.08. The Morgan fingerprint density at radius 3 is 2.53 bits per heavy atom. The number of rotatable bonds is 4. The molecule has 0 saturated carbocycles. The van der Waals surface area contributed by atoms with Gasteiger partial charge < -0.3 is 10.5 Å². The minimum Gasteiger partial charge on any atom is -0.477 e. The molecule has 0 aliphatic heterocycles. The highest BCUT2D eigenvalue weighted by Gasteiger charge is 2.27. The number of hydrogen-bond acceptors (Lipinski definition) is 4. The highest BCUT2D eigenvalue weighted by atomic mass is 19.4. The highest BCUT2D eigenvalue weighted by Crippen LogP contribution is 2.28. The molecule has 0 aliphatic rings. The fourth-order valence-electron chi connectivity index (χ4n) is 1.31. The standard InChI is InChI=1S/C10H14F3N3O/c1-6(2)7-8(14)15-5-16-9(7)17-4-3-10(11,12)13/h5-6H,3-4H2,1-2H3,(H2,14,15,16). The summed E-state index contributed by atoms with van der Waals surface area (Å²) >= 11 is 0. The fraction of sp³-hybridized carbons (Fsp3) is 0.600. The van der Waals surface area contributed by atoms with Crippen LogP contribution in [-0.2, 0) is 0 Å². The normalized spacial score (nSPS) is 11.9. The number of nitrogens with two attached hydrogens (primary N) is 1. The summed E-state index contributed by atoms with van der Waals surface area (Å²) in [4.78, 5) is 7.58. The Kier molecular flexibility index (Phi) is 4.14. The lowest BCUT2D eigenvalue weighted by molar-refractivity contribution is -0.139. The van der Waals surface area contributed by atoms with Gasteiger partial charge in [0.25, 0.3) is 0 Å². The molecular formula is C10H14F3N3O. The average molecular weight is 249 g/mol. The number of halogens is 3. The van der Waals surface area contributed by atoms with Crippen LogP contribution in [0.1, 0.15) is 31.7 Å². The summed E-state index contributed by atoms with van der Waals surface area (Å²) < 4.78 is 40.9. The van der Waals surface area contributed by atoms with Gasteiger partial charge in [-0.05, 0) is 5.92 Å². The van der Waals surface area contributed by atoms with Gasteiger partial charge in [-0.25, -0.2) is 9.97 Å². The molecule has 0 fully saturated rings. The zero-order valence-electron chi connectivity index (χ0n) is 9.58. The van der Waals surface area contributed by atoms with Gasteiger partial charge >= 0.3 is 6.18 Å². The Labute approximate surface area is 97.0 Å². The van der Waals surface area contributed by atoms with Crippen LogP contribution in [0.3, 0.4) is 0 Å². The van der Waals surface area contributed by atoms with Crippen LogP contribution in [0.4, 0.5) is 19.0 Å². The second kappa shape index (κ2) is 5.20. The molecule has 4 nitrogen and oxygen atoms in total. The maximum Gasteiger partial charge on any atom is 0.392 e. The van der Waals surface area contributed by atoms with Crippen molar-refractivity contribution in [3.63, 3.8) is 0 Å². The van der Waals surface area contributed by atoms with Crippen molar-refractivity contribution < 1.29 is 17.9 Å². The number of aromatic nitrogens is 2. The molecule has 0 aliphatic carbocycles. The van der Waals surface area contributed by atoms with Gasteiger partial charge in [-0.2, -0.15) is 13.2 Å². The maximum absolute atomic E-state index is 12.0. The molecule has 0 spiro atoms. The molecule has 1 rings (SSSR count). The summed E-state index contributed by atoms with van der Waals surface area (Å²) in [5, 5.41) is 0. The molecule has 0 atom stereocenters. The monoisotopic (exact) mass is 249 g/mol. The van der Waals surface area contributed by atoms with Crippen LogP contribution in [0.2, 0.25) is 0 Å². The molecule has 2 N–H and O–H groups in total. The quantitative estimate of drug-likeness (QED) is 0.890. The molecule has 0 amide bonds. The van der Waals surface area contributed by atoms with Crippen molar-refractivity contribution in [3.8, 4) is 5.88 Å². The Morgan fingerprint density at radius 1 is 1.35 bits per heavy atom. The summed E-state index contributed by atoms with van der Waals surface area (Å²) in [5.41, 5.74) is 6.16. The van der Waals surface area contributed by atoms with Crippen LogP contribution in [0.15, 0.2) is 6.33 Å². The first-order valence-corrected chi connectivity index (χ1v) is 5.11. The summed E-state index contributed by atoms with van der Waals surface area (Å²) in [5.74, 6) is 0.339. The van der Waals surface area contributed by atoms with E-state index in [1.54, 1.807) is 0 Å². The van der Waals surface area contributed by atoms with E-state index in [4.69, 9.17) is 10.5 Å². The number of nitrogens with zero attached hydrogens (tertiary/aromatic N) is 2. The van der Waals surface area contributed by atoms with Crippen LogP contribution < -0.4 is 10.5 Å². The number of hydrogen-bond donors (Lipinski definition) is 1. The molecule has 0 saturated heterocycles. The molecule has 0 radical (unpaired) electrons. The number of nitrogen functional groups attached to an aromatic ring is 1. The van der Waals surface area contributed by atoms with Crippen LogP contribution in [0.5, 0.6) is 5.88 Å². The lowest BCUT2D eigenvalue weighted by atomic mass is 10.1. The lowest BCUT2D eigenvalue weighted by Crippen LogP contribution is -2.15. The Hall–Kier alpha value is -1.53. The second-order valence-electron chi connectivity index (χ2n) is 3.85. The van der Waals surface area contributed by atoms with Gasteiger partial charge in [0.15, 0.2) is 0 Å². The van der Waals surface area contributed by atoms with E-state index in [0.29, 0.717) is 5.56 Å². The smallest absolute Gasteiger partial charge is 0.392 e. The van der Waals surface area contributed by atoms with Crippen molar-refractivity contribution in [3.05, 3.63) is 11.9 Å². The molecule has 96 valence electrons. The third kappa shape index (κ3) is 4.08. The lowest BCUT2D eigenvalue weighted by Gasteiger charge is -2.14. The van der Waals surface area contributed by atoms with E-state index in [-0.39, 0.29) is 17.6 Å². The van der Waals surface area contributed by atoms with Crippen LogP contribution in [0, 0.1) is 0 Å². The molecule has 7 heteroatoms. The second-order valence-corrected chi connectivity index (χ2v) is 3.85. The van der Waals surface area contributed by atoms with E-state index < -0.39 is 19.2 Å². The Balaban J connectivity index is 2.74. The van der Waals surface area contributed by atoms with Gasteiger partial charge in [-0.1, -0.05) is 13.8 Å². The van der Waals surface area contributed by atoms with E-state index >= 15 is 0 Å². The number of alkyl halides is 3. The Bertz CT molecular complexity index is 380. The van der Waals surface area contributed by atoms with Crippen LogP contribution in [-0.4, -0.2) is 22.8 Å². The van der Waals surface area contributed by atoms with E-state index in [1.165, 1.54) is 6.33 Å². The molecular weight excluding hydrogens is 235 g/mol. The molecule has 0 unspecified atom stereocenters. The highest BCUT2D eigenvalue weighted by molar-refractivity contribution is 5.46. The largest absolute Gasteiger partial charge is 0.477 e. The molecule has 0 bridgehead atoms. The van der Waals surface area contributed by atoms with E-state index in [1.807, 2.05) is 13.8 Å². The SMILES string of the molecule is CC(C)c1c(N)ncnc1OCCC(F)(F)F. The number of anilines is 1. The van der Waals surface area contributed by atoms with Gasteiger partial charge in [0.1, 0.15) is 12.1 Å². The first-order valence-electron chi connectivity index (χ1n) is 5.11. The molecule has 17 heavy (non-hydrogen) atoms. The van der Waals surface area contributed by atoms with Gasteiger partial charge in [0.2, 0.25) is 5.88 Å². The summed E-state index contributed by atoms with van der Waals surface area (Å²) in [6.07, 6.45) is -4.09. The zero-order valence-corrected chi connectivity index (χ0v) is 9.58. The molecule has 1 aromatic rings. The third-order valence-electron chi connectivity index (χ3n) is 2.08. The Morgan fingerprint density at radius 2 is 2.00 bits per heavy atom. The predicted octanol–water partition coefficient (Wildman–Crippen LogP) is 2.51. The summed E-state index contributed by atoms with van der Waals surface area (Å²) in [6.45, 7) is 3.21. The van der Waals surface area contributed by atoms with Crippen molar-refractivity contribution in [1.29, 1.82) is 0 Å². The predicted molar refractivity (Wildman–Crippen MR) is 56.7 cm³/mol. The van der Waals surface area contributed by atoms with Crippen molar-refractivity contribution in [1.82, 2.24) is 9.97 Å². The summed E-state index contributed by atoms with van der Waals surface area (Å²) in [7, 11) is 0. The van der Waals surface area contributed by atoms with Crippen LogP contribution in [0.25, 0.3) is 0 Å². The van der Waals surface area contributed by atoms with E-state index in [9.17, 15) is 13.2 Å². The van der Waals surface area contributed by atoms with Crippen LogP contribution >= 0.6 is 0 Å². The van der Waals surface area contributed by atoms with E-state index in [2.05, 4.69) is 9.97 Å². The first-order chi connectivity index (χ1) is 7.81. The van der Waals surface area contributed by atoms with Crippen molar-refractivity contribution in [2.45, 2.75) is 32.4 Å². The van der Waals surface area contributed by atoms with Crippen molar-refractivity contribution in [2.75, 3.05) is 12.3 Å². The van der Waals surface area contributed by atoms with Gasteiger partial charge in [0.05, 0.1) is 18.6 Å². The minimum atomic E-state index is -4.24. The summed E-state index contributed by atoms with van der Waals surface area (Å²) in [6, 6.07) is 0. The fourth-order valence-corrected chi connectivity index (χ4v) is 1.31. The van der Waals surface area contributed by atoms with Crippen molar-refractivity contribution >= 4 is 5.82 Å².